The number of halogens is 1. The Labute approximate surface area is 194 Å². The topological polar surface area (TPSA) is 137 Å². The second kappa shape index (κ2) is 10.2. The zero-order valence-electron chi connectivity index (χ0n) is 17.1. The minimum atomic E-state index is -4.12. The van der Waals surface area contributed by atoms with E-state index in [4.69, 9.17) is 21.1 Å². The van der Waals surface area contributed by atoms with E-state index in [0.717, 1.165) is 0 Å². The standard InChI is InChI=1S/C21H18ClN3O7S/c1-31-19-11-10-14(12-20(19)33(29,30)24-16-7-3-2-6-15(16)22)23-21(26)13-32-18-9-5-4-8-17(18)25(27)28/h2-12,24H,13H2,1H3,(H,23,26). The summed E-state index contributed by atoms with van der Waals surface area (Å²) in [6, 6.07) is 16.0. The number of carbonyl (C=O) groups excluding carboxylic acids is 1. The van der Waals surface area contributed by atoms with Crippen LogP contribution in [0.15, 0.2) is 71.6 Å². The average molecular weight is 492 g/mol. The van der Waals surface area contributed by atoms with Crippen molar-refractivity contribution in [3.05, 3.63) is 81.9 Å². The molecular formula is C21H18ClN3O7S. The van der Waals surface area contributed by atoms with E-state index in [1.165, 1.54) is 61.7 Å². The first kappa shape index (κ1) is 23.8. The lowest BCUT2D eigenvalue weighted by Gasteiger charge is -2.14. The molecule has 0 saturated carbocycles. The van der Waals surface area contributed by atoms with Crippen molar-refractivity contribution in [3.8, 4) is 11.5 Å². The number of nitro groups is 1. The van der Waals surface area contributed by atoms with Gasteiger partial charge in [-0.3, -0.25) is 19.6 Å². The molecule has 0 spiro atoms. The molecule has 0 saturated heterocycles. The van der Waals surface area contributed by atoms with E-state index in [1.54, 1.807) is 12.1 Å². The minimum Gasteiger partial charge on any atom is -0.495 e. The van der Waals surface area contributed by atoms with Crippen LogP contribution in [0.5, 0.6) is 11.5 Å². The largest absolute Gasteiger partial charge is 0.495 e. The van der Waals surface area contributed by atoms with Gasteiger partial charge in [-0.2, -0.15) is 0 Å². The van der Waals surface area contributed by atoms with E-state index in [-0.39, 0.29) is 38.5 Å². The number of anilines is 2. The third-order valence-electron chi connectivity index (χ3n) is 4.28. The molecule has 0 heterocycles. The molecule has 172 valence electrons. The van der Waals surface area contributed by atoms with Gasteiger partial charge in [0.05, 0.1) is 22.7 Å². The van der Waals surface area contributed by atoms with E-state index >= 15 is 0 Å². The Balaban J connectivity index is 1.77. The fourth-order valence-corrected chi connectivity index (χ4v) is 4.29. The zero-order valence-corrected chi connectivity index (χ0v) is 18.7. The van der Waals surface area contributed by atoms with E-state index in [2.05, 4.69) is 10.0 Å². The zero-order chi connectivity index (χ0) is 24.0. The number of rotatable bonds is 9. The lowest BCUT2D eigenvalue weighted by atomic mass is 10.3. The summed E-state index contributed by atoms with van der Waals surface area (Å²) in [5.41, 5.74) is 0.0359. The third-order valence-corrected chi connectivity index (χ3v) is 5.99. The van der Waals surface area contributed by atoms with E-state index in [1.807, 2.05) is 0 Å². The van der Waals surface area contributed by atoms with Gasteiger partial charge in [0.2, 0.25) is 0 Å². The van der Waals surface area contributed by atoms with Gasteiger partial charge in [-0.15, -0.1) is 0 Å². The van der Waals surface area contributed by atoms with Gasteiger partial charge in [0, 0.05) is 11.8 Å². The van der Waals surface area contributed by atoms with Gasteiger partial charge >= 0.3 is 5.69 Å². The maximum atomic E-state index is 12.9. The van der Waals surface area contributed by atoms with Crippen molar-refractivity contribution in [2.75, 3.05) is 23.8 Å². The van der Waals surface area contributed by atoms with Gasteiger partial charge in [0.15, 0.2) is 12.4 Å². The fourth-order valence-electron chi connectivity index (χ4n) is 2.78. The highest BCUT2D eigenvalue weighted by atomic mass is 35.5. The van der Waals surface area contributed by atoms with E-state index < -0.39 is 27.5 Å². The molecule has 2 N–H and O–H groups in total. The van der Waals surface area contributed by atoms with Crippen LogP contribution in [-0.2, 0) is 14.8 Å². The molecule has 0 fully saturated rings. The molecule has 0 unspecified atom stereocenters. The summed E-state index contributed by atoms with van der Waals surface area (Å²) in [7, 11) is -2.82. The first-order valence-corrected chi connectivity index (χ1v) is 11.2. The van der Waals surface area contributed by atoms with Crippen LogP contribution in [0.25, 0.3) is 0 Å². The molecule has 3 rings (SSSR count). The van der Waals surface area contributed by atoms with Crippen LogP contribution in [0.1, 0.15) is 0 Å². The molecular weight excluding hydrogens is 474 g/mol. The highest BCUT2D eigenvalue weighted by molar-refractivity contribution is 7.92. The molecule has 0 atom stereocenters. The third kappa shape index (κ3) is 5.90. The Bertz CT molecular complexity index is 1300. The number of carbonyl (C=O) groups is 1. The molecule has 10 nitrogen and oxygen atoms in total. The monoisotopic (exact) mass is 491 g/mol. The quantitative estimate of drug-likeness (QED) is 0.340. The average Bonchev–Trinajstić information content (AvgIpc) is 2.79. The summed E-state index contributed by atoms with van der Waals surface area (Å²) in [6.07, 6.45) is 0. The summed E-state index contributed by atoms with van der Waals surface area (Å²) >= 11 is 6.04. The fraction of sp³-hybridized carbons (Fsp3) is 0.0952. The lowest BCUT2D eigenvalue weighted by Crippen LogP contribution is -2.21. The number of para-hydroxylation sites is 3. The predicted molar refractivity (Wildman–Crippen MR) is 122 cm³/mol. The molecule has 12 heteroatoms. The van der Waals surface area contributed by atoms with Gasteiger partial charge in [0.25, 0.3) is 15.9 Å². The summed E-state index contributed by atoms with van der Waals surface area (Å²) < 4.78 is 38.6. The Kier molecular flexibility index (Phi) is 7.36. The number of hydrogen-bond donors (Lipinski definition) is 2. The van der Waals surface area contributed by atoms with Gasteiger partial charge in [-0.25, -0.2) is 8.42 Å². The maximum absolute atomic E-state index is 12.9. The molecule has 0 aromatic heterocycles. The molecule has 3 aromatic carbocycles. The van der Waals surface area contributed by atoms with Crippen LogP contribution in [0.3, 0.4) is 0 Å². The second-order valence-corrected chi connectivity index (χ2v) is 8.57. The van der Waals surface area contributed by atoms with Crippen molar-refractivity contribution in [3.63, 3.8) is 0 Å². The van der Waals surface area contributed by atoms with Crippen molar-refractivity contribution in [1.82, 2.24) is 0 Å². The van der Waals surface area contributed by atoms with E-state index in [9.17, 15) is 23.3 Å². The first-order valence-electron chi connectivity index (χ1n) is 9.32. The molecule has 0 bridgehead atoms. The van der Waals surface area contributed by atoms with Crippen molar-refractivity contribution < 1.29 is 27.6 Å². The number of amides is 1. The Morgan fingerprint density at radius 2 is 1.76 bits per heavy atom. The molecule has 0 aliphatic carbocycles. The highest BCUT2D eigenvalue weighted by Gasteiger charge is 2.22. The first-order chi connectivity index (χ1) is 15.7. The Morgan fingerprint density at radius 1 is 1.06 bits per heavy atom. The van der Waals surface area contributed by atoms with Crippen LogP contribution in [-0.4, -0.2) is 33.0 Å². The SMILES string of the molecule is COc1ccc(NC(=O)COc2ccccc2[N+](=O)[O-])cc1S(=O)(=O)Nc1ccccc1Cl. The molecule has 0 aliphatic heterocycles. The number of nitrogens with one attached hydrogen (secondary N) is 2. The van der Waals surface area contributed by atoms with Gasteiger partial charge in [0.1, 0.15) is 10.6 Å². The van der Waals surface area contributed by atoms with Gasteiger partial charge in [-0.1, -0.05) is 35.9 Å². The van der Waals surface area contributed by atoms with Gasteiger partial charge < -0.3 is 14.8 Å². The number of methoxy groups -OCH3 is 1. The number of hydrogen-bond acceptors (Lipinski definition) is 7. The number of benzene rings is 3. The van der Waals surface area contributed by atoms with Crippen LogP contribution in [0.4, 0.5) is 17.1 Å². The van der Waals surface area contributed by atoms with Crippen LogP contribution in [0.2, 0.25) is 5.02 Å². The highest BCUT2D eigenvalue weighted by Crippen LogP contribution is 2.31. The lowest BCUT2D eigenvalue weighted by molar-refractivity contribution is -0.385. The summed E-state index contributed by atoms with van der Waals surface area (Å²) in [4.78, 5) is 22.5. The van der Waals surface area contributed by atoms with Crippen LogP contribution < -0.4 is 19.5 Å². The smallest absolute Gasteiger partial charge is 0.310 e. The molecule has 0 radical (unpaired) electrons. The second-order valence-electron chi connectivity index (χ2n) is 6.51. The molecule has 3 aromatic rings. The molecule has 33 heavy (non-hydrogen) atoms. The summed E-state index contributed by atoms with van der Waals surface area (Å²) in [5.74, 6) is -0.677. The molecule has 1 amide bonds. The number of nitrogens with zero attached hydrogens (tertiary/aromatic N) is 1. The Hall–Kier alpha value is -3.83. The van der Waals surface area contributed by atoms with Crippen molar-refractivity contribution >= 4 is 44.6 Å². The Morgan fingerprint density at radius 3 is 2.45 bits per heavy atom. The summed E-state index contributed by atoms with van der Waals surface area (Å²) in [5, 5.41) is 13.7. The van der Waals surface area contributed by atoms with Crippen LogP contribution >= 0.6 is 11.6 Å². The van der Waals surface area contributed by atoms with Crippen LogP contribution in [0, 0.1) is 10.1 Å². The number of ether oxygens (including phenoxy) is 2. The number of nitro benzene ring substituents is 1. The summed E-state index contributed by atoms with van der Waals surface area (Å²) in [6.45, 7) is -0.531. The van der Waals surface area contributed by atoms with Crippen molar-refractivity contribution in [2.24, 2.45) is 0 Å². The van der Waals surface area contributed by atoms with Crippen molar-refractivity contribution in [1.29, 1.82) is 0 Å². The van der Waals surface area contributed by atoms with Crippen molar-refractivity contribution in [2.45, 2.75) is 4.90 Å². The van der Waals surface area contributed by atoms with Gasteiger partial charge in [-0.05, 0) is 36.4 Å². The number of sulfonamides is 1. The normalized spacial score (nSPS) is 10.8. The predicted octanol–water partition coefficient (Wildman–Crippen LogP) is 4.08. The van der Waals surface area contributed by atoms with E-state index in [0.29, 0.717) is 0 Å². The molecule has 0 aliphatic rings. The minimum absolute atomic E-state index is 0.0451. The maximum Gasteiger partial charge on any atom is 0.310 e.